The van der Waals surface area contributed by atoms with Gasteiger partial charge in [-0.1, -0.05) is 13.5 Å². The molecule has 0 heterocycles. The molecular formula is C7H12O. The summed E-state index contributed by atoms with van der Waals surface area (Å²) in [5, 5.41) is 0. The Balaban J connectivity index is 3.31. The van der Waals surface area contributed by atoms with Crippen LogP contribution in [0.1, 0.15) is 6.92 Å². The largest absolute Gasteiger partial charge is 0.384 e. The van der Waals surface area contributed by atoms with Gasteiger partial charge < -0.3 is 4.74 Å². The summed E-state index contributed by atoms with van der Waals surface area (Å²) in [6.45, 7) is 6.26. The molecule has 0 fully saturated rings. The van der Waals surface area contributed by atoms with Crippen LogP contribution in [0.25, 0.3) is 0 Å². The molecule has 0 spiro atoms. The van der Waals surface area contributed by atoms with Crippen LogP contribution in [0.3, 0.4) is 0 Å². The van der Waals surface area contributed by atoms with Crippen molar-refractivity contribution in [1.82, 2.24) is 0 Å². The summed E-state index contributed by atoms with van der Waals surface area (Å²) in [6, 6.07) is 0. The van der Waals surface area contributed by atoms with Crippen molar-refractivity contribution in [2.45, 2.75) is 6.92 Å². The molecule has 46 valence electrons. The summed E-state index contributed by atoms with van der Waals surface area (Å²) >= 11 is 0. The molecule has 0 aliphatic carbocycles. The summed E-state index contributed by atoms with van der Waals surface area (Å²) < 4.78 is 4.86. The molecule has 0 N–H and O–H groups in total. The van der Waals surface area contributed by atoms with Crippen molar-refractivity contribution in [3.63, 3.8) is 0 Å². The van der Waals surface area contributed by atoms with Crippen molar-refractivity contribution in [2.75, 3.05) is 13.7 Å². The van der Waals surface area contributed by atoms with Gasteiger partial charge in [-0.25, -0.2) is 0 Å². The van der Waals surface area contributed by atoms with Gasteiger partial charge in [-0.2, -0.15) is 0 Å². The number of rotatable bonds is 3. The first-order valence-electron chi connectivity index (χ1n) is 2.66. The summed E-state index contributed by atoms with van der Waals surface area (Å²) in [7, 11) is 1.69. The highest BCUT2D eigenvalue weighted by Crippen LogP contribution is 1.93. The Kier molecular flexibility index (Phi) is 4.33. The zero-order chi connectivity index (χ0) is 6.41. The third-order valence-corrected chi connectivity index (χ3v) is 0.832. The minimum absolute atomic E-state index is 0.442. The lowest BCUT2D eigenvalue weighted by molar-refractivity contribution is 0.176. The molecule has 0 aliphatic rings. The molecule has 1 nitrogen and oxygen atoms in total. The quantitative estimate of drug-likeness (QED) is 0.504. The van der Waals surface area contributed by atoms with Gasteiger partial charge in [0.05, 0.1) is 6.61 Å². The van der Waals surface area contributed by atoms with Crippen molar-refractivity contribution in [2.24, 2.45) is 5.92 Å². The maximum Gasteiger partial charge on any atom is 0.0528 e. The van der Waals surface area contributed by atoms with Gasteiger partial charge in [-0.3, -0.25) is 0 Å². The van der Waals surface area contributed by atoms with Crippen LogP contribution >= 0.6 is 0 Å². The first kappa shape index (κ1) is 7.48. The van der Waals surface area contributed by atoms with Crippen LogP contribution in [0, 0.1) is 5.92 Å². The van der Waals surface area contributed by atoms with E-state index in [1.807, 2.05) is 6.08 Å². The van der Waals surface area contributed by atoms with Gasteiger partial charge in [-0.15, -0.1) is 5.73 Å². The normalized spacial score (nSPS) is 12.2. The fourth-order valence-electron chi connectivity index (χ4n) is 0.512. The Labute approximate surface area is 50.7 Å². The first-order chi connectivity index (χ1) is 3.81. The van der Waals surface area contributed by atoms with Crippen LogP contribution in [0.2, 0.25) is 0 Å². The minimum Gasteiger partial charge on any atom is -0.384 e. The molecule has 0 radical (unpaired) electrons. The highest BCUT2D eigenvalue weighted by Gasteiger charge is 1.90. The molecule has 1 atom stereocenters. The average Bonchev–Trinajstić information content (AvgIpc) is 1.68. The predicted octanol–water partition coefficient (Wildman–Crippen LogP) is 1.61. The fraction of sp³-hybridized carbons (Fsp3) is 0.571. The van der Waals surface area contributed by atoms with Gasteiger partial charge in [-0.05, 0) is 6.08 Å². The second-order valence-electron chi connectivity index (χ2n) is 1.80. The van der Waals surface area contributed by atoms with E-state index in [1.165, 1.54) is 0 Å². The molecule has 1 heteroatoms. The van der Waals surface area contributed by atoms with Gasteiger partial charge in [0.1, 0.15) is 0 Å². The van der Waals surface area contributed by atoms with Crippen molar-refractivity contribution in [1.29, 1.82) is 0 Å². The van der Waals surface area contributed by atoms with Crippen LogP contribution in [-0.2, 0) is 4.74 Å². The molecule has 1 unspecified atom stereocenters. The van der Waals surface area contributed by atoms with E-state index in [0.717, 1.165) is 6.61 Å². The van der Waals surface area contributed by atoms with Gasteiger partial charge in [0, 0.05) is 13.0 Å². The zero-order valence-electron chi connectivity index (χ0n) is 5.48. The van der Waals surface area contributed by atoms with E-state index in [9.17, 15) is 0 Å². The van der Waals surface area contributed by atoms with Crippen LogP contribution in [0.5, 0.6) is 0 Å². The minimum atomic E-state index is 0.442. The summed E-state index contributed by atoms with van der Waals surface area (Å²) in [5.41, 5.74) is 2.70. The molecule has 0 bridgehead atoms. The summed E-state index contributed by atoms with van der Waals surface area (Å²) in [6.07, 6.45) is 1.89. The Hall–Kier alpha value is -0.520. The van der Waals surface area contributed by atoms with E-state index in [0.29, 0.717) is 5.92 Å². The molecule has 0 amide bonds. The molecule has 0 aliphatic heterocycles. The number of hydrogen-bond donors (Lipinski definition) is 0. The van der Waals surface area contributed by atoms with E-state index in [2.05, 4.69) is 19.2 Å². The van der Waals surface area contributed by atoms with E-state index in [4.69, 9.17) is 4.74 Å². The molecule has 0 aromatic rings. The van der Waals surface area contributed by atoms with Gasteiger partial charge in [0.2, 0.25) is 0 Å². The second kappa shape index (κ2) is 4.63. The molecule has 0 rings (SSSR count). The van der Waals surface area contributed by atoms with Crippen molar-refractivity contribution in [3.05, 3.63) is 18.4 Å². The van der Waals surface area contributed by atoms with Gasteiger partial charge in [0.25, 0.3) is 0 Å². The van der Waals surface area contributed by atoms with E-state index in [-0.39, 0.29) is 0 Å². The van der Waals surface area contributed by atoms with Crippen LogP contribution in [-0.4, -0.2) is 13.7 Å². The highest BCUT2D eigenvalue weighted by molar-refractivity contribution is 4.81. The maximum absolute atomic E-state index is 4.86. The molecule has 8 heavy (non-hydrogen) atoms. The lowest BCUT2D eigenvalue weighted by atomic mass is 10.2. The van der Waals surface area contributed by atoms with E-state index in [1.54, 1.807) is 7.11 Å². The third-order valence-electron chi connectivity index (χ3n) is 0.832. The Morgan fingerprint density at radius 1 is 1.88 bits per heavy atom. The van der Waals surface area contributed by atoms with Crippen LogP contribution in [0.15, 0.2) is 18.4 Å². The molecular weight excluding hydrogens is 100 g/mol. The molecule has 0 aromatic carbocycles. The third kappa shape index (κ3) is 3.66. The predicted molar refractivity (Wildman–Crippen MR) is 34.7 cm³/mol. The zero-order valence-corrected chi connectivity index (χ0v) is 5.48. The van der Waals surface area contributed by atoms with Crippen molar-refractivity contribution in [3.8, 4) is 0 Å². The van der Waals surface area contributed by atoms with Crippen molar-refractivity contribution < 1.29 is 4.74 Å². The smallest absolute Gasteiger partial charge is 0.0528 e. The summed E-state index contributed by atoms with van der Waals surface area (Å²) in [4.78, 5) is 0. The van der Waals surface area contributed by atoms with E-state index >= 15 is 0 Å². The van der Waals surface area contributed by atoms with E-state index < -0.39 is 0 Å². The van der Waals surface area contributed by atoms with Crippen LogP contribution < -0.4 is 0 Å². The molecule has 0 aromatic heterocycles. The number of hydrogen-bond acceptors (Lipinski definition) is 1. The Morgan fingerprint density at radius 3 is 2.88 bits per heavy atom. The summed E-state index contributed by atoms with van der Waals surface area (Å²) in [5.74, 6) is 0.442. The average molecular weight is 112 g/mol. The van der Waals surface area contributed by atoms with Crippen LogP contribution in [0.4, 0.5) is 0 Å². The lowest BCUT2D eigenvalue weighted by Gasteiger charge is -1.99. The second-order valence-corrected chi connectivity index (χ2v) is 1.80. The topological polar surface area (TPSA) is 9.23 Å². The standard InChI is InChI=1S/C7H12O/c1-4-5-7(2)6-8-3/h5,7H,1,6H2,2-3H3. The number of ether oxygens (including phenoxy) is 1. The highest BCUT2D eigenvalue weighted by atomic mass is 16.5. The Morgan fingerprint density at radius 2 is 2.50 bits per heavy atom. The first-order valence-corrected chi connectivity index (χ1v) is 2.66. The molecule has 0 saturated heterocycles. The SMILES string of the molecule is C=C=CC(C)COC. The fourth-order valence-corrected chi connectivity index (χ4v) is 0.512. The lowest BCUT2D eigenvalue weighted by Crippen LogP contribution is -1.98. The maximum atomic E-state index is 4.86. The van der Waals surface area contributed by atoms with Gasteiger partial charge in [0.15, 0.2) is 0 Å². The molecule has 0 saturated carbocycles. The van der Waals surface area contributed by atoms with Gasteiger partial charge >= 0.3 is 0 Å². The van der Waals surface area contributed by atoms with Crippen molar-refractivity contribution >= 4 is 0 Å². The monoisotopic (exact) mass is 112 g/mol. The number of methoxy groups -OCH3 is 1. The Bertz CT molecular complexity index is 90.6.